The summed E-state index contributed by atoms with van der Waals surface area (Å²) in [5.74, 6) is 1.78. The molecule has 8 heteroatoms. The van der Waals surface area contributed by atoms with Crippen LogP contribution in [0.2, 0.25) is 0 Å². The number of carbonyl (C=O) groups excluding carboxylic acids is 1. The molecule has 2 aromatic carbocycles. The number of anilines is 1. The number of aliphatic hydroxyl groups excluding tert-OH is 1. The van der Waals surface area contributed by atoms with E-state index in [0.29, 0.717) is 18.0 Å². The number of ether oxygens (including phenoxy) is 3. The molecule has 4 rings (SSSR count). The number of hydrogen-bond donors (Lipinski definition) is 2. The fraction of sp³-hybridized carbons (Fsp3) is 0.435. The summed E-state index contributed by atoms with van der Waals surface area (Å²) in [5, 5.41) is 13.2. The first-order valence-corrected chi connectivity index (χ1v) is 10.6. The molecule has 31 heavy (non-hydrogen) atoms. The summed E-state index contributed by atoms with van der Waals surface area (Å²) in [4.78, 5) is 16.9. The fourth-order valence-corrected chi connectivity index (χ4v) is 3.91. The van der Waals surface area contributed by atoms with Gasteiger partial charge in [-0.15, -0.1) is 0 Å². The monoisotopic (exact) mass is 427 g/mol. The largest absolute Gasteiger partial charge is 0.495 e. The van der Waals surface area contributed by atoms with Crippen LogP contribution in [0.5, 0.6) is 17.2 Å². The lowest BCUT2D eigenvalue weighted by atomic mass is 10.2. The van der Waals surface area contributed by atoms with E-state index in [1.807, 2.05) is 30.3 Å². The maximum atomic E-state index is 12.4. The van der Waals surface area contributed by atoms with E-state index in [2.05, 4.69) is 21.2 Å². The molecular weight excluding hydrogens is 398 g/mol. The second-order valence-corrected chi connectivity index (χ2v) is 7.72. The van der Waals surface area contributed by atoms with Crippen molar-refractivity contribution in [3.63, 3.8) is 0 Å². The van der Waals surface area contributed by atoms with Gasteiger partial charge in [-0.3, -0.25) is 9.69 Å². The summed E-state index contributed by atoms with van der Waals surface area (Å²) in [7, 11) is 1.68. The van der Waals surface area contributed by atoms with Crippen molar-refractivity contribution in [1.29, 1.82) is 0 Å². The highest BCUT2D eigenvalue weighted by Gasteiger charge is 2.28. The molecule has 0 spiro atoms. The van der Waals surface area contributed by atoms with Crippen molar-refractivity contribution in [2.45, 2.75) is 12.2 Å². The van der Waals surface area contributed by atoms with Crippen LogP contribution in [0.1, 0.15) is 0 Å². The van der Waals surface area contributed by atoms with E-state index < -0.39 is 12.2 Å². The second-order valence-electron chi connectivity index (χ2n) is 7.72. The lowest BCUT2D eigenvalue weighted by molar-refractivity contribution is -0.130. The van der Waals surface area contributed by atoms with Crippen molar-refractivity contribution in [2.24, 2.45) is 0 Å². The van der Waals surface area contributed by atoms with Crippen LogP contribution in [-0.2, 0) is 4.79 Å². The summed E-state index contributed by atoms with van der Waals surface area (Å²) >= 11 is 0. The number of para-hydroxylation sites is 4. The third-order valence-electron chi connectivity index (χ3n) is 5.58. The Morgan fingerprint density at radius 2 is 1.84 bits per heavy atom. The Labute approximate surface area is 182 Å². The standard InChI is InChI=1S/C23H29N3O5/c1-29-19-7-3-2-6-18(19)26-12-10-25(11-13-26)15-17(27)14-24-23(28)22-16-30-20-8-4-5-9-21(20)31-22/h2-9,17,22,27H,10-16H2,1H3,(H,24,28). The topological polar surface area (TPSA) is 83.5 Å². The van der Waals surface area contributed by atoms with Gasteiger partial charge in [-0.2, -0.15) is 0 Å². The van der Waals surface area contributed by atoms with Gasteiger partial charge in [-0.1, -0.05) is 24.3 Å². The van der Waals surface area contributed by atoms with Gasteiger partial charge in [0.1, 0.15) is 12.4 Å². The Morgan fingerprint density at radius 3 is 2.61 bits per heavy atom. The van der Waals surface area contributed by atoms with Crippen LogP contribution < -0.4 is 24.4 Å². The fourth-order valence-electron chi connectivity index (χ4n) is 3.91. The van der Waals surface area contributed by atoms with E-state index in [1.165, 1.54) is 0 Å². The van der Waals surface area contributed by atoms with E-state index in [0.717, 1.165) is 37.6 Å². The van der Waals surface area contributed by atoms with Gasteiger partial charge >= 0.3 is 0 Å². The van der Waals surface area contributed by atoms with E-state index in [-0.39, 0.29) is 19.1 Å². The van der Waals surface area contributed by atoms with Crippen LogP contribution in [-0.4, -0.2) is 81.1 Å². The van der Waals surface area contributed by atoms with E-state index in [9.17, 15) is 9.90 Å². The van der Waals surface area contributed by atoms with Gasteiger partial charge in [0.25, 0.3) is 5.91 Å². The summed E-state index contributed by atoms with van der Waals surface area (Å²) in [6, 6.07) is 15.3. The quantitative estimate of drug-likeness (QED) is 0.686. The second kappa shape index (κ2) is 9.89. The van der Waals surface area contributed by atoms with Gasteiger partial charge in [-0.05, 0) is 24.3 Å². The molecule has 0 bridgehead atoms. The molecule has 2 unspecified atom stereocenters. The first kappa shape index (κ1) is 21.3. The van der Waals surface area contributed by atoms with Gasteiger partial charge in [0.05, 0.1) is 18.9 Å². The molecule has 2 atom stereocenters. The van der Waals surface area contributed by atoms with Gasteiger partial charge in [0.15, 0.2) is 11.5 Å². The molecule has 1 saturated heterocycles. The Hall–Kier alpha value is -2.97. The predicted molar refractivity (Wildman–Crippen MR) is 117 cm³/mol. The molecule has 1 fully saturated rings. The zero-order chi connectivity index (χ0) is 21.6. The van der Waals surface area contributed by atoms with Crippen molar-refractivity contribution >= 4 is 11.6 Å². The number of piperazine rings is 1. The molecular formula is C23H29N3O5. The molecule has 1 amide bonds. The number of β-amino-alcohol motifs (C(OH)–C–C–N with tert-alkyl or cyclic N) is 1. The minimum absolute atomic E-state index is 0.157. The molecule has 0 aromatic heterocycles. The molecule has 2 heterocycles. The number of methoxy groups -OCH3 is 1. The Morgan fingerprint density at radius 1 is 1.13 bits per heavy atom. The van der Waals surface area contributed by atoms with Gasteiger partial charge in [0.2, 0.25) is 6.10 Å². The number of nitrogens with zero attached hydrogens (tertiary/aromatic N) is 2. The van der Waals surface area contributed by atoms with Crippen molar-refractivity contribution in [2.75, 3.05) is 57.9 Å². The summed E-state index contributed by atoms with van der Waals surface area (Å²) in [6.45, 7) is 4.21. The molecule has 2 aliphatic rings. The number of fused-ring (bicyclic) bond motifs is 1. The highest BCUT2D eigenvalue weighted by molar-refractivity contribution is 5.81. The number of benzene rings is 2. The molecule has 166 valence electrons. The van der Waals surface area contributed by atoms with Crippen molar-refractivity contribution in [3.8, 4) is 17.2 Å². The molecule has 0 saturated carbocycles. The predicted octanol–water partition coefficient (Wildman–Crippen LogP) is 1.13. The molecule has 2 aromatic rings. The van der Waals surface area contributed by atoms with Crippen LogP contribution in [0.4, 0.5) is 5.69 Å². The van der Waals surface area contributed by atoms with Crippen LogP contribution in [0, 0.1) is 0 Å². The molecule has 2 N–H and O–H groups in total. The number of rotatable bonds is 7. The first-order valence-electron chi connectivity index (χ1n) is 10.6. The highest BCUT2D eigenvalue weighted by Crippen LogP contribution is 2.31. The third-order valence-corrected chi connectivity index (χ3v) is 5.58. The average molecular weight is 428 g/mol. The summed E-state index contributed by atoms with van der Waals surface area (Å²) in [6.07, 6.45) is -1.37. The lowest BCUT2D eigenvalue weighted by Crippen LogP contribution is -2.51. The average Bonchev–Trinajstić information content (AvgIpc) is 2.82. The Kier molecular flexibility index (Phi) is 6.79. The molecule has 0 aliphatic carbocycles. The molecule has 8 nitrogen and oxygen atoms in total. The van der Waals surface area contributed by atoms with Gasteiger partial charge in [-0.25, -0.2) is 0 Å². The van der Waals surface area contributed by atoms with Gasteiger partial charge in [0, 0.05) is 39.3 Å². The maximum absolute atomic E-state index is 12.4. The summed E-state index contributed by atoms with van der Waals surface area (Å²) < 4.78 is 16.7. The normalized spacial score (nSPS) is 19.5. The minimum Gasteiger partial charge on any atom is -0.495 e. The SMILES string of the molecule is COc1ccccc1N1CCN(CC(O)CNC(=O)C2COc3ccccc3O2)CC1. The van der Waals surface area contributed by atoms with Crippen molar-refractivity contribution in [1.82, 2.24) is 10.2 Å². The van der Waals surface area contributed by atoms with Crippen LogP contribution in [0.25, 0.3) is 0 Å². The number of carbonyl (C=O) groups is 1. The van der Waals surface area contributed by atoms with E-state index in [4.69, 9.17) is 14.2 Å². The van der Waals surface area contributed by atoms with Crippen molar-refractivity contribution in [3.05, 3.63) is 48.5 Å². The number of hydrogen-bond acceptors (Lipinski definition) is 7. The van der Waals surface area contributed by atoms with Crippen LogP contribution in [0.3, 0.4) is 0 Å². The smallest absolute Gasteiger partial charge is 0.264 e. The minimum atomic E-state index is -0.716. The highest BCUT2D eigenvalue weighted by atomic mass is 16.6. The first-order chi connectivity index (χ1) is 15.1. The Balaban J connectivity index is 1.19. The zero-order valence-electron chi connectivity index (χ0n) is 17.7. The van der Waals surface area contributed by atoms with Crippen molar-refractivity contribution < 1.29 is 24.1 Å². The third kappa shape index (κ3) is 5.21. The van der Waals surface area contributed by atoms with Gasteiger partial charge < -0.3 is 29.5 Å². The Bertz CT molecular complexity index is 885. The number of nitrogens with one attached hydrogen (secondary N) is 1. The van der Waals surface area contributed by atoms with Crippen LogP contribution in [0.15, 0.2) is 48.5 Å². The maximum Gasteiger partial charge on any atom is 0.264 e. The number of amides is 1. The van der Waals surface area contributed by atoms with E-state index in [1.54, 1.807) is 19.2 Å². The molecule has 0 radical (unpaired) electrons. The van der Waals surface area contributed by atoms with E-state index >= 15 is 0 Å². The molecule has 2 aliphatic heterocycles. The summed E-state index contributed by atoms with van der Waals surface area (Å²) in [5.41, 5.74) is 1.09. The lowest BCUT2D eigenvalue weighted by Gasteiger charge is -2.37. The van der Waals surface area contributed by atoms with Crippen LogP contribution >= 0.6 is 0 Å². The zero-order valence-corrected chi connectivity index (χ0v) is 17.7. The number of aliphatic hydroxyl groups is 1.